The van der Waals surface area contributed by atoms with Gasteiger partial charge in [0.05, 0.1) is 13.2 Å². The Morgan fingerprint density at radius 2 is 1.93 bits per heavy atom. The van der Waals surface area contributed by atoms with Gasteiger partial charge in [-0.1, -0.05) is 13.8 Å². The van der Waals surface area contributed by atoms with Crippen molar-refractivity contribution in [2.24, 2.45) is 5.92 Å². The van der Waals surface area contributed by atoms with E-state index in [-0.39, 0.29) is 5.92 Å². The highest BCUT2D eigenvalue weighted by atomic mass is 19.2. The molecule has 0 unspecified atom stereocenters. The Morgan fingerprint density at radius 3 is 2.60 bits per heavy atom. The van der Waals surface area contributed by atoms with E-state index in [0.717, 1.165) is 11.1 Å². The standard InChI is InChI=1S/C12H14F2O/c1-7(2)10-6-15-5-8-3-11(13)12(14)4-9(8)10/h3-4,7,10H,5-6H2,1-2H3/t10-/m0/s1. The third kappa shape index (κ3) is 1.88. The summed E-state index contributed by atoms with van der Waals surface area (Å²) in [6, 6.07) is 2.57. The molecule has 1 atom stereocenters. The molecule has 1 aromatic carbocycles. The lowest BCUT2D eigenvalue weighted by Crippen LogP contribution is -2.21. The zero-order chi connectivity index (χ0) is 11.0. The van der Waals surface area contributed by atoms with E-state index in [1.807, 2.05) is 0 Å². The summed E-state index contributed by atoms with van der Waals surface area (Å²) < 4.78 is 31.5. The second kappa shape index (κ2) is 3.89. The number of benzene rings is 1. The van der Waals surface area contributed by atoms with Crippen LogP contribution in [0.15, 0.2) is 12.1 Å². The van der Waals surface area contributed by atoms with Crippen LogP contribution in [0, 0.1) is 17.6 Å². The fourth-order valence-corrected chi connectivity index (χ4v) is 2.01. The zero-order valence-corrected chi connectivity index (χ0v) is 8.89. The second-order valence-corrected chi connectivity index (χ2v) is 4.33. The average molecular weight is 212 g/mol. The van der Waals surface area contributed by atoms with Crippen LogP contribution in [0.1, 0.15) is 30.9 Å². The first kappa shape index (κ1) is 10.6. The Labute approximate surface area is 88.1 Å². The van der Waals surface area contributed by atoms with Crippen molar-refractivity contribution < 1.29 is 13.5 Å². The molecule has 1 aliphatic rings. The molecular formula is C12H14F2O. The highest BCUT2D eigenvalue weighted by molar-refractivity contribution is 5.33. The molecule has 82 valence electrons. The van der Waals surface area contributed by atoms with Crippen molar-refractivity contribution in [1.82, 2.24) is 0 Å². The van der Waals surface area contributed by atoms with Crippen LogP contribution in [0.5, 0.6) is 0 Å². The average Bonchev–Trinajstić information content (AvgIpc) is 2.18. The number of fused-ring (bicyclic) bond motifs is 1. The van der Waals surface area contributed by atoms with Gasteiger partial charge in [-0.2, -0.15) is 0 Å². The van der Waals surface area contributed by atoms with Gasteiger partial charge in [-0.15, -0.1) is 0 Å². The summed E-state index contributed by atoms with van der Waals surface area (Å²) in [5.41, 5.74) is 1.68. The molecule has 1 heterocycles. The van der Waals surface area contributed by atoms with Gasteiger partial charge in [0.1, 0.15) is 0 Å². The predicted octanol–water partition coefficient (Wildman–Crippen LogP) is 3.23. The number of halogens is 2. The van der Waals surface area contributed by atoms with Gasteiger partial charge in [-0.3, -0.25) is 0 Å². The SMILES string of the molecule is CC(C)[C@@H]1COCc2cc(F)c(F)cc21. The molecule has 1 aromatic rings. The van der Waals surface area contributed by atoms with E-state index < -0.39 is 11.6 Å². The topological polar surface area (TPSA) is 9.23 Å². The molecule has 1 nitrogen and oxygen atoms in total. The third-order valence-corrected chi connectivity index (χ3v) is 2.94. The fraction of sp³-hybridized carbons (Fsp3) is 0.500. The zero-order valence-electron chi connectivity index (χ0n) is 8.89. The van der Waals surface area contributed by atoms with E-state index in [4.69, 9.17) is 4.74 Å². The second-order valence-electron chi connectivity index (χ2n) is 4.33. The molecule has 0 saturated carbocycles. The Kier molecular flexibility index (Phi) is 2.74. The van der Waals surface area contributed by atoms with Gasteiger partial charge in [-0.25, -0.2) is 8.78 Å². The Morgan fingerprint density at radius 1 is 1.27 bits per heavy atom. The molecule has 0 bridgehead atoms. The van der Waals surface area contributed by atoms with Crippen LogP contribution in [0.3, 0.4) is 0 Å². The van der Waals surface area contributed by atoms with Crippen LogP contribution in [0.25, 0.3) is 0 Å². The first-order chi connectivity index (χ1) is 7.09. The lowest BCUT2D eigenvalue weighted by Gasteiger charge is -2.28. The summed E-state index contributed by atoms with van der Waals surface area (Å²) in [6.45, 7) is 5.10. The van der Waals surface area contributed by atoms with Crippen molar-refractivity contribution in [1.29, 1.82) is 0 Å². The molecule has 0 aromatic heterocycles. The summed E-state index contributed by atoms with van der Waals surface area (Å²) in [4.78, 5) is 0. The number of ether oxygens (including phenoxy) is 1. The van der Waals surface area contributed by atoms with Crippen LogP contribution in [-0.2, 0) is 11.3 Å². The van der Waals surface area contributed by atoms with Crippen molar-refractivity contribution in [3.63, 3.8) is 0 Å². The molecule has 0 radical (unpaired) electrons. The summed E-state index contributed by atoms with van der Waals surface area (Å²) in [5, 5.41) is 0. The predicted molar refractivity (Wildman–Crippen MR) is 53.6 cm³/mol. The highest BCUT2D eigenvalue weighted by Crippen LogP contribution is 2.33. The van der Waals surface area contributed by atoms with E-state index in [9.17, 15) is 8.78 Å². The van der Waals surface area contributed by atoms with Gasteiger partial charge < -0.3 is 4.74 Å². The fourth-order valence-electron chi connectivity index (χ4n) is 2.01. The third-order valence-electron chi connectivity index (χ3n) is 2.94. The van der Waals surface area contributed by atoms with Gasteiger partial charge in [0.15, 0.2) is 11.6 Å². The van der Waals surface area contributed by atoms with E-state index in [0.29, 0.717) is 19.1 Å². The van der Waals surface area contributed by atoms with Crippen molar-refractivity contribution >= 4 is 0 Å². The first-order valence-corrected chi connectivity index (χ1v) is 5.15. The lowest BCUT2D eigenvalue weighted by atomic mass is 9.85. The summed E-state index contributed by atoms with van der Waals surface area (Å²) >= 11 is 0. The maximum atomic E-state index is 13.1. The monoisotopic (exact) mass is 212 g/mol. The molecule has 0 amide bonds. The normalized spacial score (nSPS) is 20.5. The molecule has 0 spiro atoms. The molecule has 0 saturated heterocycles. The van der Waals surface area contributed by atoms with Crippen molar-refractivity contribution in [2.45, 2.75) is 26.4 Å². The lowest BCUT2D eigenvalue weighted by molar-refractivity contribution is 0.0786. The Hall–Kier alpha value is -0.960. The molecular weight excluding hydrogens is 198 g/mol. The van der Waals surface area contributed by atoms with Crippen molar-refractivity contribution in [3.05, 3.63) is 34.9 Å². The van der Waals surface area contributed by atoms with Crippen LogP contribution >= 0.6 is 0 Å². The van der Waals surface area contributed by atoms with Crippen LogP contribution in [0.4, 0.5) is 8.78 Å². The van der Waals surface area contributed by atoms with Gasteiger partial charge in [0, 0.05) is 5.92 Å². The van der Waals surface area contributed by atoms with E-state index >= 15 is 0 Å². The Bertz CT molecular complexity index is 374. The minimum absolute atomic E-state index is 0.170. The number of hydrogen-bond donors (Lipinski definition) is 0. The van der Waals surface area contributed by atoms with E-state index in [2.05, 4.69) is 13.8 Å². The van der Waals surface area contributed by atoms with Crippen LogP contribution < -0.4 is 0 Å². The minimum atomic E-state index is -0.790. The summed E-state index contributed by atoms with van der Waals surface area (Å²) in [5.74, 6) is -1.01. The van der Waals surface area contributed by atoms with Crippen LogP contribution in [-0.4, -0.2) is 6.61 Å². The molecule has 15 heavy (non-hydrogen) atoms. The van der Waals surface area contributed by atoms with Gasteiger partial charge >= 0.3 is 0 Å². The van der Waals surface area contributed by atoms with Gasteiger partial charge in [0.2, 0.25) is 0 Å². The molecule has 0 fully saturated rings. The summed E-state index contributed by atoms with van der Waals surface area (Å²) in [6.07, 6.45) is 0. The quantitative estimate of drug-likeness (QED) is 0.694. The minimum Gasteiger partial charge on any atom is -0.376 e. The maximum absolute atomic E-state index is 13.1. The van der Waals surface area contributed by atoms with E-state index in [1.54, 1.807) is 0 Å². The smallest absolute Gasteiger partial charge is 0.159 e. The first-order valence-electron chi connectivity index (χ1n) is 5.15. The number of rotatable bonds is 1. The molecule has 1 aliphatic heterocycles. The summed E-state index contributed by atoms with van der Waals surface area (Å²) in [7, 11) is 0. The molecule has 3 heteroatoms. The van der Waals surface area contributed by atoms with Gasteiger partial charge in [-0.05, 0) is 29.2 Å². The largest absolute Gasteiger partial charge is 0.376 e. The van der Waals surface area contributed by atoms with E-state index in [1.165, 1.54) is 12.1 Å². The van der Waals surface area contributed by atoms with Crippen molar-refractivity contribution in [2.75, 3.05) is 6.61 Å². The highest BCUT2D eigenvalue weighted by Gasteiger charge is 2.25. The molecule has 0 aliphatic carbocycles. The number of hydrogen-bond acceptors (Lipinski definition) is 1. The molecule has 0 N–H and O–H groups in total. The van der Waals surface area contributed by atoms with Gasteiger partial charge in [0.25, 0.3) is 0 Å². The molecule has 2 rings (SSSR count). The maximum Gasteiger partial charge on any atom is 0.159 e. The van der Waals surface area contributed by atoms with Crippen molar-refractivity contribution in [3.8, 4) is 0 Å². The van der Waals surface area contributed by atoms with Crippen LogP contribution in [0.2, 0.25) is 0 Å². The Balaban J connectivity index is 2.47.